The Labute approximate surface area is 450 Å². The molecule has 0 amide bonds. The topological polar surface area (TPSA) is 27.7 Å². The quantitative estimate of drug-likeness (QED) is 0.0633. The van der Waals surface area contributed by atoms with Crippen LogP contribution in [0, 0.1) is 11.6 Å². The SMILES string of the molecule is CCCc1ccc(-c2ccc(C(F)(F)c3c(COCC(F)(F)F)ccc(Oc4ccc(COCC(F)(F)F)c(C(F)(F)c5ccc(-c6ccc(CCC)cc6F)cc5)c4Cc4ccccc4)c3Cc3ccccc3)cc2)c(F)c1. The van der Waals surface area contributed by atoms with E-state index < -0.39 is 84.5 Å². The molecule has 0 spiro atoms. The third-order valence-corrected chi connectivity index (χ3v) is 13.3. The fraction of sp³-hybridized carbons (Fsp3) is 0.250. The van der Waals surface area contributed by atoms with Gasteiger partial charge in [-0.2, -0.15) is 43.9 Å². The van der Waals surface area contributed by atoms with Gasteiger partial charge in [0.25, 0.3) is 11.8 Å². The van der Waals surface area contributed by atoms with Crippen molar-refractivity contribution >= 4 is 0 Å². The van der Waals surface area contributed by atoms with Crippen molar-refractivity contribution in [3.05, 3.63) is 248 Å². The highest BCUT2D eigenvalue weighted by molar-refractivity contribution is 5.67. The van der Waals surface area contributed by atoms with Crippen LogP contribution in [-0.2, 0) is 60.2 Å². The van der Waals surface area contributed by atoms with Crippen molar-refractivity contribution in [3.63, 3.8) is 0 Å². The van der Waals surface area contributed by atoms with Crippen molar-refractivity contribution in [1.29, 1.82) is 0 Å². The fourth-order valence-electron chi connectivity index (χ4n) is 9.67. The number of alkyl halides is 10. The summed E-state index contributed by atoms with van der Waals surface area (Å²) in [6.45, 7) is -1.61. The van der Waals surface area contributed by atoms with Crippen LogP contribution in [0.1, 0.15) is 93.5 Å². The Morgan fingerprint density at radius 1 is 0.392 bits per heavy atom. The second-order valence-electron chi connectivity index (χ2n) is 19.2. The summed E-state index contributed by atoms with van der Waals surface area (Å²) < 4.78 is 200. The number of benzene rings is 8. The van der Waals surface area contributed by atoms with Gasteiger partial charge in [-0.1, -0.05) is 172 Å². The number of rotatable bonds is 22. The van der Waals surface area contributed by atoms with Crippen LogP contribution >= 0.6 is 0 Å². The summed E-state index contributed by atoms with van der Waals surface area (Å²) in [5.74, 6) is -9.91. The van der Waals surface area contributed by atoms with Crippen LogP contribution in [0.2, 0.25) is 0 Å². The van der Waals surface area contributed by atoms with E-state index in [1.165, 1.54) is 48.5 Å². The molecule has 0 aromatic heterocycles. The Hall–Kier alpha value is -7.36. The summed E-state index contributed by atoms with van der Waals surface area (Å²) in [4.78, 5) is 0. The van der Waals surface area contributed by atoms with E-state index in [2.05, 4.69) is 0 Å². The average molecular weight is 1100 g/mol. The summed E-state index contributed by atoms with van der Waals surface area (Å²) in [6.07, 6.45) is -7.61. The van der Waals surface area contributed by atoms with Crippen molar-refractivity contribution in [2.24, 2.45) is 0 Å². The van der Waals surface area contributed by atoms with Crippen molar-refractivity contribution in [2.75, 3.05) is 13.2 Å². The Morgan fingerprint density at radius 3 is 1.09 bits per heavy atom. The number of aryl methyl sites for hydroxylation is 2. The van der Waals surface area contributed by atoms with E-state index in [9.17, 15) is 26.3 Å². The van der Waals surface area contributed by atoms with Gasteiger partial charge in [-0.25, -0.2) is 8.78 Å². The molecule has 0 unspecified atom stereocenters. The van der Waals surface area contributed by atoms with Gasteiger partial charge in [0.15, 0.2) is 0 Å². The Morgan fingerprint density at radius 2 is 0.759 bits per heavy atom. The molecule has 3 nitrogen and oxygen atoms in total. The Kier molecular flexibility index (Phi) is 18.1. The van der Waals surface area contributed by atoms with Gasteiger partial charge >= 0.3 is 12.4 Å². The fourth-order valence-corrected chi connectivity index (χ4v) is 9.67. The molecular formula is C64H54F12O3. The third kappa shape index (κ3) is 14.3. The van der Waals surface area contributed by atoms with Gasteiger partial charge in [0.2, 0.25) is 0 Å². The molecule has 0 heterocycles. The van der Waals surface area contributed by atoms with E-state index >= 15 is 26.3 Å². The molecule has 0 atom stereocenters. The summed E-state index contributed by atoms with van der Waals surface area (Å²) in [5.41, 5.74) is -1.01. The molecule has 0 aliphatic rings. The highest BCUT2D eigenvalue weighted by atomic mass is 19.4. The second-order valence-corrected chi connectivity index (χ2v) is 19.2. The van der Waals surface area contributed by atoms with Crippen molar-refractivity contribution < 1.29 is 66.9 Å². The zero-order chi connectivity index (χ0) is 56.5. The predicted molar refractivity (Wildman–Crippen MR) is 281 cm³/mol. The van der Waals surface area contributed by atoms with Crippen molar-refractivity contribution in [2.45, 2.75) is 89.8 Å². The van der Waals surface area contributed by atoms with Gasteiger partial charge in [0.1, 0.15) is 36.3 Å². The summed E-state index contributed by atoms with van der Waals surface area (Å²) >= 11 is 0. The van der Waals surface area contributed by atoms with Crippen LogP contribution in [0.5, 0.6) is 11.5 Å². The molecule has 0 fully saturated rings. The van der Waals surface area contributed by atoms with Crippen LogP contribution < -0.4 is 4.74 Å². The molecule has 0 saturated carbocycles. The lowest BCUT2D eigenvalue weighted by molar-refractivity contribution is -0.177. The number of ether oxygens (including phenoxy) is 3. The third-order valence-electron chi connectivity index (χ3n) is 13.3. The van der Waals surface area contributed by atoms with Crippen LogP contribution in [0.4, 0.5) is 52.7 Å². The first-order chi connectivity index (χ1) is 37.6. The Bertz CT molecular complexity index is 3100. The monoisotopic (exact) mass is 1100 g/mol. The smallest absolute Gasteiger partial charge is 0.411 e. The minimum atomic E-state index is -4.84. The van der Waals surface area contributed by atoms with E-state index in [-0.39, 0.29) is 68.8 Å². The standard InChI is InChI=1S/C64H54F12O3/c1-3-11-41-17-29-51(55(65)35-41)45-19-25-49(26-20-45)63(73,74)59-47(37-77-39-61(67,68)69)23-31-57(53(59)33-43-13-7-5-8-14-43)79-58-32-24-48(38-78-40-62(70,71)72)60(54(58)34-44-15-9-6-10-16-44)64(75,76)50-27-21-46(22-28-50)52-30-18-42(12-4-2)36-56(52)66/h5-10,13-32,35-36H,3-4,11-12,33-34,37-40H2,1-2H3. The maximum Gasteiger partial charge on any atom is 0.411 e. The molecule has 8 aromatic rings. The summed E-state index contributed by atoms with van der Waals surface area (Å²) in [7, 11) is 0. The average Bonchev–Trinajstić information content (AvgIpc) is 3.56. The van der Waals surface area contributed by atoms with Crippen molar-refractivity contribution in [3.8, 4) is 33.8 Å². The molecule has 412 valence electrons. The molecule has 0 aliphatic heterocycles. The predicted octanol–water partition coefficient (Wildman–Crippen LogP) is 18.6. The minimum absolute atomic E-state index is 0.144. The first-order valence-corrected chi connectivity index (χ1v) is 25.5. The van der Waals surface area contributed by atoms with Gasteiger partial charge in [0.05, 0.1) is 13.2 Å². The molecule has 8 rings (SSSR count). The molecule has 0 saturated heterocycles. The number of hydrogen-bond acceptors (Lipinski definition) is 3. The summed E-state index contributed by atoms with van der Waals surface area (Å²) in [6, 6.07) is 39.8. The van der Waals surface area contributed by atoms with Crippen LogP contribution in [0.15, 0.2) is 170 Å². The zero-order valence-corrected chi connectivity index (χ0v) is 43.0. The molecule has 0 aliphatic carbocycles. The molecule has 15 heteroatoms. The maximum absolute atomic E-state index is 17.9. The van der Waals surface area contributed by atoms with E-state index in [1.807, 2.05) is 13.8 Å². The van der Waals surface area contributed by atoms with Crippen LogP contribution in [-0.4, -0.2) is 25.6 Å². The largest absolute Gasteiger partial charge is 0.457 e. The van der Waals surface area contributed by atoms with Gasteiger partial charge in [-0.15, -0.1) is 0 Å². The highest BCUT2D eigenvalue weighted by Gasteiger charge is 2.43. The second kappa shape index (κ2) is 24.8. The minimum Gasteiger partial charge on any atom is -0.457 e. The first kappa shape index (κ1) is 57.8. The van der Waals surface area contributed by atoms with Gasteiger partial charge < -0.3 is 14.2 Å². The molecule has 0 bridgehead atoms. The molecular weight excluding hydrogens is 1040 g/mol. The zero-order valence-electron chi connectivity index (χ0n) is 43.0. The molecule has 0 radical (unpaired) electrons. The number of hydrogen-bond donors (Lipinski definition) is 0. The maximum atomic E-state index is 17.9. The molecule has 79 heavy (non-hydrogen) atoms. The van der Waals surface area contributed by atoms with Gasteiger partial charge in [-0.3, -0.25) is 0 Å². The lowest BCUT2D eigenvalue weighted by Crippen LogP contribution is -2.23. The molecule has 8 aromatic carbocycles. The van der Waals surface area contributed by atoms with Crippen molar-refractivity contribution in [1.82, 2.24) is 0 Å². The van der Waals surface area contributed by atoms with Crippen LogP contribution in [0.25, 0.3) is 22.3 Å². The molecule has 0 N–H and O–H groups in total. The number of halogens is 12. The van der Waals surface area contributed by atoms with E-state index in [1.54, 1.807) is 84.9 Å². The lowest BCUT2D eigenvalue weighted by atomic mass is 9.86. The highest BCUT2D eigenvalue weighted by Crippen LogP contribution is 2.48. The van der Waals surface area contributed by atoms with E-state index in [0.717, 1.165) is 60.4 Å². The van der Waals surface area contributed by atoms with E-state index in [4.69, 9.17) is 14.2 Å². The summed E-state index contributed by atoms with van der Waals surface area (Å²) in [5, 5.41) is 0. The van der Waals surface area contributed by atoms with E-state index in [0.29, 0.717) is 24.0 Å². The first-order valence-electron chi connectivity index (χ1n) is 25.5. The van der Waals surface area contributed by atoms with Crippen LogP contribution in [0.3, 0.4) is 0 Å². The van der Waals surface area contributed by atoms with Gasteiger partial charge in [-0.05, 0) is 81.6 Å². The Balaban J connectivity index is 1.31. The lowest BCUT2D eigenvalue weighted by Gasteiger charge is -2.28. The normalized spacial score (nSPS) is 12.3. The van der Waals surface area contributed by atoms with Gasteiger partial charge in [0, 0.05) is 57.3 Å².